The Hall–Kier alpha value is -2.43. The van der Waals surface area contributed by atoms with E-state index in [9.17, 15) is 0 Å². The summed E-state index contributed by atoms with van der Waals surface area (Å²) in [6.07, 6.45) is 8.43. The van der Waals surface area contributed by atoms with Gasteiger partial charge in [0.1, 0.15) is 11.5 Å². The van der Waals surface area contributed by atoms with Gasteiger partial charge in [0.05, 0.1) is 0 Å². The average molecular weight is 243 g/mol. The van der Waals surface area contributed by atoms with E-state index in [0.29, 0.717) is 17.4 Å². The summed E-state index contributed by atoms with van der Waals surface area (Å²) >= 11 is 0. The molecule has 0 saturated heterocycles. The minimum absolute atomic E-state index is 0.539. The Bertz CT molecular complexity index is 491. The second-order valence-electron chi connectivity index (χ2n) is 3.29. The van der Waals surface area contributed by atoms with Gasteiger partial charge in [-0.25, -0.2) is 9.98 Å². The number of hydrogen-bond acceptors (Lipinski definition) is 3. The fourth-order valence-electron chi connectivity index (χ4n) is 1.24. The summed E-state index contributed by atoms with van der Waals surface area (Å²) in [5, 5.41) is 2.99. The number of aromatic amines is 1. The van der Waals surface area contributed by atoms with Crippen LogP contribution in [-0.2, 0) is 0 Å². The van der Waals surface area contributed by atoms with Crippen molar-refractivity contribution in [1.82, 2.24) is 15.3 Å². The Morgan fingerprint density at radius 3 is 2.83 bits per heavy atom. The third-order valence-electron chi connectivity index (χ3n) is 2.11. The van der Waals surface area contributed by atoms with E-state index in [0.717, 1.165) is 5.57 Å². The van der Waals surface area contributed by atoms with Gasteiger partial charge in [-0.15, -0.1) is 0 Å². The molecule has 0 aliphatic carbocycles. The van der Waals surface area contributed by atoms with Crippen molar-refractivity contribution < 1.29 is 0 Å². The maximum absolute atomic E-state index is 4.37. The molecule has 0 spiro atoms. The van der Waals surface area contributed by atoms with Crippen molar-refractivity contribution >= 4 is 17.7 Å². The second-order valence-corrected chi connectivity index (χ2v) is 3.29. The molecule has 0 aromatic carbocycles. The van der Waals surface area contributed by atoms with Gasteiger partial charge in [0.25, 0.3) is 0 Å². The number of nitrogens with one attached hydrogen (secondary N) is 2. The minimum Gasteiger partial charge on any atom is -0.373 e. The van der Waals surface area contributed by atoms with Crippen molar-refractivity contribution in [2.45, 2.75) is 6.92 Å². The van der Waals surface area contributed by atoms with Gasteiger partial charge in [0.15, 0.2) is 5.82 Å². The first-order chi connectivity index (χ1) is 8.72. The lowest BCUT2D eigenvalue weighted by Crippen LogP contribution is -2.20. The average Bonchev–Trinajstić information content (AvgIpc) is 2.91. The molecule has 5 nitrogen and oxygen atoms in total. The van der Waals surface area contributed by atoms with E-state index in [1.165, 1.54) is 0 Å². The lowest BCUT2D eigenvalue weighted by atomic mass is 10.2. The molecule has 1 rings (SSSR count). The van der Waals surface area contributed by atoms with E-state index in [1.54, 1.807) is 37.9 Å². The molecular formula is C13H17N5. The van der Waals surface area contributed by atoms with Crippen molar-refractivity contribution in [3.05, 3.63) is 49.2 Å². The SMILES string of the molecule is C=CC(=C\N=C/C)/C(=N/C(=C)c1ncc[nH]1)NC. The molecule has 2 N–H and O–H groups in total. The van der Waals surface area contributed by atoms with Crippen LogP contribution >= 0.6 is 0 Å². The van der Waals surface area contributed by atoms with Crippen LogP contribution in [0.15, 0.2) is 53.4 Å². The van der Waals surface area contributed by atoms with Crippen molar-refractivity contribution in [2.75, 3.05) is 7.05 Å². The Balaban J connectivity index is 3.01. The minimum atomic E-state index is 0.539. The fourth-order valence-corrected chi connectivity index (χ4v) is 1.24. The second kappa shape index (κ2) is 7.01. The van der Waals surface area contributed by atoms with Gasteiger partial charge < -0.3 is 10.3 Å². The highest BCUT2D eigenvalue weighted by Crippen LogP contribution is 2.10. The molecule has 0 fully saturated rings. The number of hydrogen-bond donors (Lipinski definition) is 2. The zero-order valence-electron chi connectivity index (χ0n) is 10.6. The molecule has 0 aliphatic heterocycles. The number of rotatable bonds is 5. The third-order valence-corrected chi connectivity index (χ3v) is 2.11. The van der Waals surface area contributed by atoms with Crippen LogP contribution < -0.4 is 5.32 Å². The summed E-state index contributed by atoms with van der Waals surface area (Å²) in [7, 11) is 1.78. The van der Waals surface area contributed by atoms with Gasteiger partial charge in [-0.1, -0.05) is 19.2 Å². The van der Waals surface area contributed by atoms with Crippen LogP contribution in [0.1, 0.15) is 12.7 Å². The largest absolute Gasteiger partial charge is 0.373 e. The first-order valence-electron chi connectivity index (χ1n) is 5.48. The Kier molecular flexibility index (Phi) is 5.31. The van der Waals surface area contributed by atoms with Crippen LogP contribution in [0.4, 0.5) is 0 Å². The predicted octanol–water partition coefficient (Wildman–Crippen LogP) is 2.16. The van der Waals surface area contributed by atoms with Gasteiger partial charge in [-0.3, -0.25) is 4.99 Å². The predicted molar refractivity (Wildman–Crippen MR) is 76.6 cm³/mol. The summed E-state index contributed by atoms with van der Waals surface area (Å²) in [5.41, 5.74) is 1.32. The number of H-pyrrole nitrogens is 1. The normalized spacial score (nSPS) is 12.8. The molecule has 1 heterocycles. The van der Waals surface area contributed by atoms with Crippen LogP contribution in [0, 0.1) is 0 Å². The Morgan fingerprint density at radius 1 is 1.56 bits per heavy atom. The van der Waals surface area contributed by atoms with E-state index in [1.807, 2.05) is 6.92 Å². The van der Waals surface area contributed by atoms with E-state index < -0.39 is 0 Å². The molecule has 18 heavy (non-hydrogen) atoms. The summed E-state index contributed by atoms with van der Waals surface area (Å²) < 4.78 is 0. The van der Waals surface area contributed by atoms with Gasteiger partial charge in [-0.05, 0) is 6.92 Å². The summed E-state index contributed by atoms with van der Waals surface area (Å²) in [6, 6.07) is 0. The molecule has 0 saturated carbocycles. The van der Waals surface area contributed by atoms with Crippen molar-refractivity contribution in [3.63, 3.8) is 0 Å². The van der Waals surface area contributed by atoms with Crippen molar-refractivity contribution in [3.8, 4) is 0 Å². The van der Waals surface area contributed by atoms with Crippen LogP contribution in [0.3, 0.4) is 0 Å². The van der Waals surface area contributed by atoms with E-state index in [4.69, 9.17) is 0 Å². The van der Waals surface area contributed by atoms with Gasteiger partial charge >= 0.3 is 0 Å². The number of nitrogens with zero attached hydrogens (tertiary/aromatic N) is 3. The van der Waals surface area contributed by atoms with Crippen LogP contribution in [0.25, 0.3) is 5.70 Å². The van der Waals surface area contributed by atoms with E-state index in [2.05, 4.69) is 38.4 Å². The highest BCUT2D eigenvalue weighted by molar-refractivity contribution is 6.03. The number of imidazole rings is 1. The lowest BCUT2D eigenvalue weighted by Gasteiger charge is -2.06. The third kappa shape index (κ3) is 3.55. The van der Waals surface area contributed by atoms with Crippen molar-refractivity contribution in [1.29, 1.82) is 0 Å². The van der Waals surface area contributed by atoms with Gasteiger partial charge in [0.2, 0.25) is 0 Å². The van der Waals surface area contributed by atoms with Crippen molar-refractivity contribution in [2.24, 2.45) is 9.98 Å². The molecule has 94 valence electrons. The molecule has 5 heteroatoms. The molecular weight excluding hydrogens is 226 g/mol. The van der Waals surface area contributed by atoms with E-state index in [-0.39, 0.29) is 0 Å². The van der Waals surface area contributed by atoms with E-state index >= 15 is 0 Å². The van der Waals surface area contributed by atoms with Crippen LogP contribution in [0.2, 0.25) is 0 Å². The molecule has 1 aromatic rings. The van der Waals surface area contributed by atoms with Gasteiger partial charge in [0, 0.05) is 37.4 Å². The number of likely N-dealkylation sites (N-methyl/N-ethyl adjacent to an activating group) is 1. The number of aromatic nitrogens is 2. The Morgan fingerprint density at radius 2 is 2.33 bits per heavy atom. The molecule has 0 bridgehead atoms. The molecule has 0 radical (unpaired) electrons. The zero-order valence-corrected chi connectivity index (χ0v) is 10.6. The van der Waals surface area contributed by atoms with Crippen LogP contribution in [0.5, 0.6) is 0 Å². The monoisotopic (exact) mass is 243 g/mol. The number of aliphatic imine (C=N–C) groups is 2. The Labute approximate surface area is 107 Å². The first kappa shape index (κ1) is 13.6. The summed E-state index contributed by atoms with van der Waals surface area (Å²) in [5.74, 6) is 1.27. The summed E-state index contributed by atoms with van der Waals surface area (Å²) in [6.45, 7) is 9.44. The topological polar surface area (TPSA) is 65.4 Å². The molecule has 0 aliphatic rings. The standard InChI is InChI=1S/C13H17N5/c1-5-11(9-15-6-2)13(14-4)18-10(3)12-16-7-8-17-12/h5-9H,1,3H2,2,4H3,(H,14,18)(H,16,17)/b11-9+,15-6-. The fraction of sp³-hybridized carbons (Fsp3) is 0.154. The molecule has 0 atom stereocenters. The van der Waals surface area contributed by atoms with Gasteiger partial charge in [-0.2, -0.15) is 0 Å². The lowest BCUT2D eigenvalue weighted by molar-refractivity contribution is 1.15. The molecule has 1 aromatic heterocycles. The number of amidine groups is 1. The maximum Gasteiger partial charge on any atom is 0.155 e. The quantitative estimate of drug-likeness (QED) is 0.473. The smallest absolute Gasteiger partial charge is 0.155 e. The van der Waals surface area contributed by atoms with Crippen LogP contribution in [-0.4, -0.2) is 29.1 Å². The molecule has 0 unspecified atom stereocenters. The highest BCUT2D eigenvalue weighted by Gasteiger charge is 2.04. The maximum atomic E-state index is 4.37. The molecule has 0 amide bonds. The zero-order chi connectivity index (χ0) is 13.4. The summed E-state index contributed by atoms with van der Waals surface area (Å²) in [4.78, 5) is 15.4. The first-order valence-corrected chi connectivity index (χ1v) is 5.48. The highest BCUT2D eigenvalue weighted by atomic mass is 15.0.